The van der Waals surface area contributed by atoms with Gasteiger partial charge in [-0.05, 0) is 6.42 Å². The minimum Gasteiger partial charge on any atom is -0.463 e. The molecule has 0 aliphatic rings. The van der Waals surface area contributed by atoms with Crippen LogP contribution >= 0.6 is 0 Å². The molecule has 0 saturated heterocycles. The predicted octanol–water partition coefficient (Wildman–Crippen LogP) is 1.57. The second-order valence-corrected chi connectivity index (χ2v) is 7.80. The van der Waals surface area contributed by atoms with Crippen molar-refractivity contribution in [3.63, 3.8) is 0 Å². The Morgan fingerprint density at radius 3 is 1.16 bits per heavy atom. The van der Waals surface area contributed by atoms with Gasteiger partial charge in [-0.25, -0.2) is 14.4 Å². The van der Waals surface area contributed by atoms with Crippen LogP contribution in [0.2, 0.25) is 0 Å². The number of ether oxygens (including phenoxy) is 8. The number of carbonyl (C=O) groups is 4. The van der Waals surface area contributed by atoms with E-state index in [4.69, 9.17) is 37.9 Å². The summed E-state index contributed by atoms with van der Waals surface area (Å²) < 4.78 is 42.7. The zero-order valence-corrected chi connectivity index (χ0v) is 22.2. The van der Waals surface area contributed by atoms with Gasteiger partial charge in [0.1, 0.15) is 26.4 Å². The highest BCUT2D eigenvalue weighted by Crippen LogP contribution is 2.21. The van der Waals surface area contributed by atoms with E-state index in [0.717, 1.165) is 18.2 Å². The Bertz CT molecular complexity index is 660. The molecule has 0 atom stereocenters. The highest BCUT2D eigenvalue weighted by atomic mass is 16.6. The predicted molar refractivity (Wildman–Crippen MR) is 135 cm³/mol. The third-order valence-electron chi connectivity index (χ3n) is 4.49. The molecule has 12 nitrogen and oxygen atoms in total. The van der Waals surface area contributed by atoms with Crippen LogP contribution in [0.5, 0.6) is 0 Å². The van der Waals surface area contributed by atoms with Gasteiger partial charge in [0.15, 0.2) is 0 Å². The molecule has 0 aliphatic heterocycles. The quantitative estimate of drug-likeness (QED) is 0.0712. The van der Waals surface area contributed by atoms with Crippen LogP contribution in [-0.2, 0) is 57.1 Å². The van der Waals surface area contributed by atoms with Gasteiger partial charge in [0.25, 0.3) is 0 Å². The molecule has 0 amide bonds. The van der Waals surface area contributed by atoms with Gasteiger partial charge in [-0.2, -0.15) is 0 Å². The van der Waals surface area contributed by atoms with Crippen molar-refractivity contribution in [2.24, 2.45) is 5.41 Å². The fraction of sp³-hybridized carbons (Fsp3) is 0.615. The van der Waals surface area contributed by atoms with Gasteiger partial charge in [-0.15, -0.1) is 0 Å². The third-order valence-corrected chi connectivity index (χ3v) is 4.49. The minimum atomic E-state index is -0.860. The Balaban J connectivity index is 5.11. The van der Waals surface area contributed by atoms with Crippen LogP contribution in [0.25, 0.3) is 0 Å². The number of hydrogen-bond donors (Lipinski definition) is 0. The van der Waals surface area contributed by atoms with E-state index in [1.807, 2.05) is 6.92 Å². The van der Waals surface area contributed by atoms with Crippen molar-refractivity contribution in [2.45, 2.75) is 19.8 Å². The van der Waals surface area contributed by atoms with Crippen molar-refractivity contribution in [1.82, 2.24) is 0 Å². The van der Waals surface area contributed by atoms with Crippen LogP contribution in [0.15, 0.2) is 38.0 Å². The van der Waals surface area contributed by atoms with Crippen molar-refractivity contribution < 1.29 is 57.1 Å². The van der Waals surface area contributed by atoms with E-state index < -0.39 is 23.3 Å². The Morgan fingerprint density at radius 1 is 0.553 bits per heavy atom. The maximum atomic E-state index is 11.6. The number of esters is 4. The molecule has 0 N–H and O–H groups in total. The number of hydrogen-bond acceptors (Lipinski definition) is 12. The zero-order chi connectivity index (χ0) is 28.5. The molecule has 0 aromatic heterocycles. The van der Waals surface area contributed by atoms with Crippen LogP contribution in [0.1, 0.15) is 19.8 Å². The first-order valence-corrected chi connectivity index (χ1v) is 12.2. The topological polar surface area (TPSA) is 142 Å². The van der Waals surface area contributed by atoms with Crippen molar-refractivity contribution in [3.05, 3.63) is 38.0 Å². The summed E-state index contributed by atoms with van der Waals surface area (Å²) in [4.78, 5) is 45.3. The van der Waals surface area contributed by atoms with E-state index in [1.165, 1.54) is 0 Å². The van der Waals surface area contributed by atoms with Gasteiger partial charge in [-0.3, -0.25) is 4.79 Å². The molecule has 0 rings (SSSR count). The SMILES string of the molecule is C=CC(=O)OCCOCC(COCCOC(=O)C=C)(COCCOC(=O)C=C)COCCOC(=O)CCC. The van der Waals surface area contributed by atoms with E-state index in [0.29, 0.717) is 12.8 Å². The lowest BCUT2D eigenvalue weighted by Crippen LogP contribution is -2.43. The molecule has 38 heavy (non-hydrogen) atoms. The molecule has 216 valence electrons. The van der Waals surface area contributed by atoms with Crippen molar-refractivity contribution in [3.8, 4) is 0 Å². The first-order chi connectivity index (χ1) is 18.3. The van der Waals surface area contributed by atoms with Gasteiger partial charge >= 0.3 is 23.9 Å². The average Bonchev–Trinajstić information content (AvgIpc) is 2.91. The normalized spacial score (nSPS) is 10.8. The maximum Gasteiger partial charge on any atom is 0.330 e. The highest BCUT2D eigenvalue weighted by Gasteiger charge is 2.33. The molecule has 0 aromatic rings. The van der Waals surface area contributed by atoms with Gasteiger partial charge in [-0.1, -0.05) is 26.7 Å². The fourth-order valence-corrected chi connectivity index (χ4v) is 2.68. The summed E-state index contributed by atoms with van der Waals surface area (Å²) in [6, 6.07) is 0. The second kappa shape index (κ2) is 23.1. The lowest BCUT2D eigenvalue weighted by molar-refractivity contribution is -0.149. The summed E-state index contributed by atoms with van der Waals surface area (Å²) >= 11 is 0. The molecule has 0 unspecified atom stereocenters. The van der Waals surface area contributed by atoms with Crippen molar-refractivity contribution in [1.29, 1.82) is 0 Å². The lowest BCUT2D eigenvalue weighted by atomic mass is 9.92. The van der Waals surface area contributed by atoms with Gasteiger partial charge in [0.05, 0.1) is 58.3 Å². The Kier molecular flexibility index (Phi) is 21.2. The number of carbonyl (C=O) groups excluding carboxylic acids is 4. The Labute approximate surface area is 223 Å². The average molecular weight is 545 g/mol. The van der Waals surface area contributed by atoms with E-state index >= 15 is 0 Å². The van der Waals surface area contributed by atoms with Crippen molar-refractivity contribution in [2.75, 3.05) is 79.3 Å². The first kappa shape index (κ1) is 34.9. The monoisotopic (exact) mass is 544 g/mol. The number of rotatable bonds is 25. The molecular formula is C26H40O12. The van der Waals surface area contributed by atoms with E-state index in [1.54, 1.807) is 0 Å². The molecule has 0 saturated carbocycles. The largest absolute Gasteiger partial charge is 0.463 e. The fourth-order valence-electron chi connectivity index (χ4n) is 2.68. The Hall–Kier alpha value is -3.06. The summed E-state index contributed by atoms with van der Waals surface area (Å²) in [5.74, 6) is -2.03. The van der Waals surface area contributed by atoms with Crippen LogP contribution in [0.4, 0.5) is 0 Å². The minimum absolute atomic E-state index is 0.00585. The third kappa shape index (κ3) is 19.1. The summed E-state index contributed by atoms with van der Waals surface area (Å²) in [6.45, 7) is 12.7. The van der Waals surface area contributed by atoms with Gasteiger partial charge in [0.2, 0.25) is 0 Å². The zero-order valence-electron chi connectivity index (χ0n) is 22.2. The lowest BCUT2D eigenvalue weighted by Gasteiger charge is -2.33. The van der Waals surface area contributed by atoms with Crippen LogP contribution < -0.4 is 0 Å². The molecular weight excluding hydrogens is 504 g/mol. The van der Waals surface area contributed by atoms with Gasteiger partial charge in [0, 0.05) is 24.6 Å². The van der Waals surface area contributed by atoms with Crippen LogP contribution in [-0.4, -0.2) is 103 Å². The first-order valence-electron chi connectivity index (χ1n) is 12.2. The molecule has 0 spiro atoms. The molecule has 0 aliphatic carbocycles. The standard InChI is InChI=1S/C26H40O12/c1-5-9-25(30)38-17-13-34-21-26(18-31-10-14-35-22(27)6-2,19-32-11-15-36-23(28)7-3)20-33-12-16-37-24(29)8-4/h6-8H,2-5,9-21H2,1H3. The molecule has 0 radical (unpaired) electrons. The van der Waals surface area contributed by atoms with E-state index in [9.17, 15) is 19.2 Å². The molecule has 12 heteroatoms. The molecule has 0 bridgehead atoms. The summed E-state index contributed by atoms with van der Waals surface area (Å²) in [5.41, 5.74) is -0.860. The molecule has 0 heterocycles. The summed E-state index contributed by atoms with van der Waals surface area (Å²) in [6.07, 6.45) is 4.15. The maximum absolute atomic E-state index is 11.6. The van der Waals surface area contributed by atoms with E-state index in [2.05, 4.69) is 19.7 Å². The van der Waals surface area contributed by atoms with Crippen LogP contribution in [0, 0.1) is 5.41 Å². The van der Waals surface area contributed by atoms with Crippen molar-refractivity contribution >= 4 is 23.9 Å². The summed E-state index contributed by atoms with van der Waals surface area (Å²) in [5, 5.41) is 0. The molecule has 0 aromatic carbocycles. The van der Waals surface area contributed by atoms with Crippen LogP contribution in [0.3, 0.4) is 0 Å². The summed E-state index contributed by atoms with van der Waals surface area (Å²) in [7, 11) is 0. The second-order valence-electron chi connectivity index (χ2n) is 7.80. The smallest absolute Gasteiger partial charge is 0.330 e. The van der Waals surface area contributed by atoms with E-state index in [-0.39, 0.29) is 85.3 Å². The van der Waals surface area contributed by atoms with Gasteiger partial charge < -0.3 is 37.9 Å². The Morgan fingerprint density at radius 2 is 0.868 bits per heavy atom. The highest BCUT2D eigenvalue weighted by molar-refractivity contribution is 5.81. The molecule has 0 fully saturated rings.